The number of carbonyl (C=O) groups is 1. The standard InChI is InChI=1S/C20H23BrFN3O3S/c1-15(18-5-2-3-6-19(18)21)23-20(26)24-11-4-12-25(14-13-24)29(27,28)17-9-7-16(22)8-10-17/h2-3,5-10,15H,4,11-14H2,1H3,(H,23,26). The molecule has 3 rings (SSSR count). The van der Waals surface area contributed by atoms with E-state index in [1.54, 1.807) is 4.90 Å². The molecule has 0 aliphatic carbocycles. The number of rotatable bonds is 4. The smallest absolute Gasteiger partial charge is 0.317 e. The first-order chi connectivity index (χ1) is 13.8. The highest BCUT2D eigenvalue weighted by atomic mass is 79.9. The van der Waals surface area contributed by atoms with Crippen LogP contribution in [-0.4, -0.2) is 49.8 Å². The Morgan fingerprint density at radius 2 is 1.76 bits per heavy atom. The maximum absolute atomic E-state index is 13.1. The third kappa shape index (κ3) is 5.15. The number of urea groups is 1. The first-order valence-electron chi connectivity index (χ1n) is 9.34. The van der Waals surface area contributed by atoms with Gasteiger partial charge in [0.1, 0.15) is 5.82 Å². The van der Waals surface area contributed by atoms with E-state index in [1.165, 1.54) is 16.4 Å². The van der Waals surface area contributed by atoms with Crippen LogP contribution in [0.5, 0.6) is 0 Å². The van der Waals surface area contributed by atoms with E-state index in [9.17, 15) is 17.6 Å². The van der Waals surface area contributed by atoms with E-state index in [2.05, 4.69) is 21.2 Å². The predicted octanol–water partition coefficient (Wildman–Crippen LogP) is 3.76. The molecule has 1 fully saturated rings. The van der Waals surface area contributed by atoms with Crippen LogP contribution in [0.2, 0.25) is 0 Å². The second kappa shape index (κ2) is 9.23. The Kier molecular flexibility index (Phi) is 6.92. The zero-order chi connectivity index (χ0) is 21.0. The van der Waals surface area contributed by atoms with Crippen LogP contribution in [0, 0.1) is 5.82 Å². The molecule has 2 aromatic carbocycles. The Bertz CT molecular complexity index is 969. The molecule has 156 valence electrons. The molecule has 9 heteroatoms. The van der Waals surface area contributed by atoms with Gasteiger partial charge in [-0.3, -0.25) is 0 Å². The monoisotopic (exact) mass is 483 g/mol. The SMILES string of the molecule is CC(NC(=O)N1CCCN(S(=O)(=O)c2ccc(F)cc2)CC1)c1ccccc1Br. The number of amides is 2. The Morgan fingerprint density at radius 1 is 1.07 bits per heavy atom. The van der Waals surface area contributed by atoms with E-state index in [0.29, 0.717) is 19.5 Å². The van der Waals surface area contributed by atoms with E-state index in [4.69, 9.17) is 0 Å². The van der Waals surface area contributed by atoms with Gasteiger partial charge in [-0.1, -0.05) is 34.1 Å². The molecule has 1 aliphatic heterocycles. The molecule has 1 N–H and O–H groups in total. The van der Waals surface area contributed by atoms with Crippen LogP contribution in [-0.2, 0) is 10.0 Å². The van der Waals surface area contributed by atoms with Crippen molar-refractivity contribution in [2.45, 2.75) is 24.3 Å². The summed E-state index contributed by atoms with van der Waals surface area (Å²) in [7, 11) is -3.72. The molecule has 2 amide bonds. The largest absolute Gasteiger partial charge is 0.331 e. The van der Waals surface area contributed by atoms with Crippen LogP contribution >= 0.6 is 15.9 Å². The van der Waals surface area contributed by atoms with Crippen molar-refractivity contribution in [3.8, 4) is 0 Å². The molecular weight excluding hydrogens is 461 g/mol. The summed E-state index contributed by atoms with van der Waals surface area (Å²) in [6.07, 6.45) is 0.525. The van der Waals surface area contributed by atoms with Crippen molar-refractivity contribution in [3.05, 3.63) is 64.4 Å². The Morgan fingerprint density at radius 3 is 2.45 bits per heavy atom. The summed E-state index contributed by atoms with van der Waals surface area (Å²) in [6, 6.07) is 12.0. The van der Waals surface area contributed by atoms with Gasteiger partial charge in [0.25, 0.3) is 0 Å². The number of hydrogen-bond donors (Lipinski definition) is 1. The van der Waals surface area contributed by atoms with Crippen molar-refractivity contribution in [1.29, 1.82) is 0 Å². The van der Waals surface area contributed by atoms with E-state index in [0.717, 1.165) is 22.2 Å². The minimum absolute atomic E-state index is 0.0550. The van der Waals surface area contributed by atoms with E-state index in [-0.39, 0.29) is 30.1 Å². The highest BCUT2D eigenvalue weighted by Crippen LogP contribution is 2.23. The van der Waals surface area contributed by atoms with Gasteiger partial charge >= 0.3 is 6.03 Å². The van der Waals surface area contributed by atoms with Gasteiger partial charge < -0.3 is 10.2 Å². The van der Waals surface area contributed by atoms with Crippen molar-refractivity contribution in [1.82, 2.24) is 14.5 Å². The molecule has 0 radical (unpaired) electrons. The first-order valence-corrected chi connectivity index (χ1v) is 11.6. The molecule has 1 unspecified atom stereocenters. The normalized spacial score (nSPS) is 16.9. The molecule has 0 saturated carbocycles. The summed E-state index contributed by atoms with van der Waals surface area (Å²) in [5, 5.41) is 2.97. The number of nitrogens with zero attached hydrogens (tertiary/aromatic N) is 2. The van der Waals surface area contributed by atoms with Gasteiger partial charge in [0.2, 0.25) is 10.0 Å². The van der Waals surface area contributed by atoms with Crippen molar-refractivity contribution in [2.24, 2.45) is 0 Å². The molecular formula is C20H23BrFN3O3S. The molecule has 1 aliphatic rings. The van der Waals surface area contributed by atoms with Crippen molar-refractivity contribution < 1.29 is 17.6 Å². The van der Waals surface area contributed by atoms with Gasteiger partial charge in [0, 0.05) is 30.7 Å². The maximum Gasteiger partial charge on any atom is 0.317 e. The van der Waals surface area contributed by atoms with Crippen molar-refractivity contribution in [3.63, 3.8) is 0 Å². The van der Waals surface area contributed by atoms with Crippen LogP contribution in [0.1, 0.15) is 24.9 Å². The van der Waals surface area contributed by atoms with Gasteiger partial charge in [-0.2, -0.15) is 4.31 Å². The van der Waals surface area contributed by atoms with E-state index >= 15 is 0 Å². The fourth-order valence-electron chi connectivity index (χ4n) is 3.27. The highest BCUT2D eigenvalue weighted by Gasteiger charge is 2.28. The van der Waals surface area contributed by atoms with Crippen LogP contribution in [0.25, 0.3) is 0 Å². The highest BCUT2D eigenvalue weighted by molar-refractivity contribution is 9.10. The second-order valence-corrected chi connectivity index (χ2v) is 9.68. The zero-order valence-corrected chi connectivity index (χ0v) is 18.4. The van der Waals surface area contributed by atoms with Crippen LogP contribution in [0.4, 0.5) is 9.18 Å². The lowest BCUT2D eigenvalue weighted by Crippen LogP contribution is -2.43. The molecule has 2 aromatic rings. The summed E-state index contributed by atoms with van der Waals surface area (Å²) in [6.45, 7) is 3.15. The average molecular weight is 484 g/mol. The lowest BCUT2D eigenvalue weighted by molar-refractivity contribution is 0.197. The summed E-state index contributed by atoms with van der Waals surface area (Å²) >= 11 is 3.49. The van der Waals surface area contributed by atoms with Crippen molar-refractivity contribution in [2.75, 3.05) is 26.2 Å². The van der Waals surface area contributed by atoms with Gasteiger partial charge in [0.15, 0.2) is 0 Å². The molecule has 0 bridgehead atoms. The number of nitrogens with one attached hydrogen (secondary N) is 1. The van der Waals surface area contributed by atoms with E-state index < -0.39 is 15.8 Å². The predicted molar refractivity (Wildman–Crippen MR) is 112 cm³/mol. The molecule has 6 nitrogen and oxygen atoms in total. The molecule has 1 atom stereocenters. The maximum atomic E-state index is 13.1. The van der Waals surface area contributed by atoms with Gasteiger partial charge in [0.05, 0.1) is 10.9 Å². The third-order valence-corrected chi connectivity index (χ3v) is 7.54. The van der Waals surface area contributed by atoms with Crippen LogP contribution < -0.4 is 5.32 Å². The van der Waals surface area contributed by atoms with Gasteiger partial charge in [-0.05, 0) is 49.2 Å². The minimum Gasteiger partial charge on any atom is -0.331 e. The minimum atomic E-state index is -3.72. The Hall–Kier alpha value is -1.97. The molecule has 0 aromatic heterocycles. The fraction of sp³-hybridized carbons (Fsp3) is 0.350. The number of sulfonamides is 1. The second-order valence-electron chi connectivity index (χ2n) is 6.89. The molecule has 29 heavy (non-hydrogen) atoms. The van der Waals surface area contributed by atoms with Gasteiger partial charge in [-0.25, -0.2) is 17.6 Å². The van der Waals surface area contributed by atoms with E-state index in [1.807, 2.05) is 31.2 Å². The molecule has 1 saturated heterocycles. The molecule has 1 heterocycles. The number of hydrogen-bond acceptors (Lipinski definition) is 3. The Labute approximate surface area is 178 Å². The lowest BCUT2D eigenvalue weighted by atomic mass is 10.1. The fourth-order valence-corrected chi connectivity index (χ4v) is 5.37. The number of halogens is 2. The summed E-state index contributed by atoms with van der Waals surface area (Å²) in [5.41, 5.74) is 0.969. The average Bonchev–Trinajstić information content (AvgIpc) is 2.95. The molecule has 0 spiro atoms. The number of carbonyl (C=O) groups excluding carboxylic acids is 1. The van der Waals surface area contributed by atoms with Crippen molar-refractivity contribution >= 4 is 32.0 Å². The topological polar surface area (TPSA) is 69.7 Å². The third-order valence-electron chi connectivity index (χ3n) is 4.91. The lowest BCUT2D eigenvalue weighted by Gasteiger charge is -2.24. The first kappa shape index (κ1) is 21.7. The Balaban J connectivity index is 1.64. The summed E-state index contributed by atoms with van der Waals surface area (Å²) < 4.78 is 41.0. The summed E-state index contributed by atoms with van der Waals surface area (Å²) in [5.74, 6) is -0.484. The zero-order valence-electron chi connectivity index (χ0n) is 16.0. The van der Waals surface area contributed by atoms with Gasteiger partial charge in [-0.15, -0.1) is 0 Å². The number of benzene rings is 2. The van der Waals surface area contributed by atoms with Crippen LogP contribution in [0.15, 0.2) is 57.9 Å². The summed E-state index contributed by atoms with van der Waals surface area (Å²) in [4.78, 5) is 14.4. The quantitative estimate of drug-likeness (QED) is 0.719. The van der Waals surface area contributed by atoms with Crippen LogP contribution in [0.3, 0.4) is 0 Å².